The number of carbonyl (C=O) groups excluding carboxylic acids is 1. The van der Waals surface area contributed by atoms with E-state index in [1.807, 2.05) is 23.1 Å². The highest BCUT2D eigenvalue weighted by Gasteiger charge is 2.26. The van der Waals surface area contributed by atoms with Crippen molar-refractivity contribution in [3.05, 3.63) is 52.2 Å². The van der Waals surface area contributed by atoms with Gasteiger partial charge in [-0.25, -0.2) is 4.98 Å². The van der Waals surface area contributed by atoms with Gasteiger partial charge in [-0.15, -0.1) is 0 Å². The molecule has 0 unspecified atom stereocenters. The predicted molar refractivity (Wildman–Crippen MR) is 112 cm³/mol. The molecule has 1 atom stereocenters. The van der Waals surface area contributed by atoms with E-state index in [1.165, 1.54) is 12.3 Å². The summed E-state index contributed by atoms with van der Waals surface area (Å²) in [5, 5.41) is 13.8. The van der Waals surface area contributed by atoms with Gasteiger partial charge in [0.05, 0.1) is 25.1 Å². The Balaban J connectivity index is 1.52. The number of hydrogen-bond donors (Lipinski definition) is 1. The Hall–Kier alpha value is -3.36. The van der Waals surface area contributed by atoms with E-state index in [-0.39, 0.29) is 17.5 Å². The molecule has 1 aromatic heterocycles. The second-order valence-corrected chi connectivity index (χ2v) is 7.15. The standard InChI is InChI=1S/C21H26N4O5/c1-29-18-7-5-15(12-19(18)30-2)9-10-22-21(26)16-4-3-11-24(14-16)20-8-6-17(13-23-20)25(27)28/h5-8,12-13,16H,3-4,9-11,14H2,1-2H3,(H,22,26)/t16-/m0/s1. The minimum atomic E-state index is -0.471. The molecule has 1 saturated heterocycles. The average Bonchev–Trinajstić information content (AvgIpc) is 2.79. The highest BCUT2D eigenvalue weighted by atomic mass is 16.6. The molecule has 1 fully saturated rings. The smallest absolute Gasteiger partial charge is 0.287 e. The molecule has 1 amide bonds. The van der Waals surface area contributed by atoms with Crippen molar-refractivity contribution in [1.29, 1.82) is 0 Å². The van der Waals surface area contributed by atoms with Gasteiger partial charge in [-0.2, -0.15) is 0 Å². The van der Waals surface area contributed by atoms with Crippen molar-refractivity contribution >= 4 is 17.4 Å². The number of nitro groups is 1. The summed E-state index contributed by atoms with van der Waals surface area (Å²) in [7, 11) is 3.19. The lowest BCUT2D eigenvalue weighted by Gasteiger charge is -2.32. The van der Waals surface area contributed by atoms with Crippen molar-refractivity contribution in [2.75, 3.05) is 38.8 Å². The van der Waals surface area contributed by atoms with Gasteiger partial charge in [0, 0.05) is 25.7 Å². The van der Waals surface area contributed by atoms with Crippen molar-refractivity contribution in [2.45, 2.75) is 19.3 Å². The molecule has 1 aliphatic heterocycles. The molecule has 0 radical (unpaired) electrons. The van der Waals surface area contributed by atoms with Gasteiger partial charge in [0.1, 0.15) is 12.0 Å². The molecule has 0 saturated carbocycles. The van der Waals surface area contributed by atoms with Gasteiger partial charge in [0.2, 0.25) is 5.91 Å². The molecule has 1 aromatic carbocycles. The first kappa shape index (κ1) is 21.4. The van der Waals surface area contributed by atoms with Gasteiger partial charge in [0.25, 0.3) is 5.69 Å². The van der Waals surface area contributed by atoms with Crippen LogP contribution < -0.4 is 19.7 Å². The third-order valence-electron chi connectivity index (χ3n) is 5.22. The fourth-order valence-electron chi connectivity index (χ4n) is 3.58. The Morgan fingerprint density at radius 1 is 1.27 bits per heavy atom. The van der Waals surface area contributed by atoms with E-state index in [0.717, 1.165) is 24.9 Å². The Morgan fingerprint density at radius 3 is 2.73 bits per heavy atom. The van der Waals surface area contributed by atoms with Crippen LogP contribution in [-0.2, 0) is 11.2 Å². The SMILES string of the molecule is COc1ccc(CCNC(=O)[C@H]2CCCN(c3ccc([N+](=O)[O-])cn3)C2)cc1OC. The number of pyridine rings is 1. The number of rotatable bonds is 8. The molecule has 3 rings (SSSR count). The van der Waals surface area contributed by atoms with Gasteiger partial charge in [-0.1, -0.05) is 6.07 Å². The van der Waals surface area contributed by atoms with Crippen LogP contribution in [0.4, 0.5) is 11.5 Å². The molecule has 2 aromatic rings. The van der Waals surface area contributed by atoms with E-state index in [2.05, 4.69) is 10.3 Å². The minimum Gasteiger partial charge on any atom is -0.493 e. The number of piperidine rings is 1. The molecule has 0 bridgehead atoms. The number of carbonyl (C=O) groups is 1. The first-order valence-corrected chi connectivity index (χ1v) is 9.86. The van der Waals surface area contributed by atoms with Crippen molar-refractivity contribution in [2.24, 2.45) is 5.92 Å². The molecule has 1 aliphatic rings. The quantitative estimate of drug-likeness (QED) is 0.523. The molecular weight excluding hydrogens is 388 g/mol. The molecule has 9 heteroatoms. The van der Waals surface area contributed by atoms with E-state index < -0.39 is 4.92 Å². The zero-order valence-electron chi connectivity index (χ0n) is 17.2. The second kappa shape index (κ2) is 9.91. The monoisotopic (exact) mass is 414 g/mol. The maximum absolute atomic E-state index is 12.6. The maximum atomic E-state index is 12.6. The molecule has 160 valence electrons. The van der Waals surface area contributed by atoms with Crippen molar-refractivity contribution in [3.63, 3.8) is 0 Å². The lowest BCUT2D eigenvalue weighted by Crippen LogP contribution is -2.43. The molecule has 1 N–H and O–H groups in total. The van der Waals surface area contributed by atoms with Crippen LogP contribution in [0.2, 0.25) is 0 Å². The summed E-state index contributed by atoms with van der Waals surface area (Å²) < 4.78 is 10.6. The summed E-state index contributed by atoms with van der Waals surface area (Å²) in [6.07, 6.45) is 3.62. The first-order valence-electron chi connectivity index (χ1n) is 9.86. The fraction of sp³-hybridized carbons (Fsp3) is 0.429. The summed E-state index contributed by atoms with van der Waals surface area (Å²) in [5.41, 5.74) is 1.01. The van der Waals surface area contributed by atoms with Crippen LogP contribution in [-0.4, -0.2) is 49.7 Å². The van der Waals surface area contributed by atoms with E-state index in [4.69, 9.17) is 9.47 Å². The number of ether oxygens (including phenoxy) is 2. The van der Waals surface area contributed by atoms with E-state index in [0.29, 0.717) is 36.8 Å². The number of hydrogen-bond acceptors (Lipinski definition) is 7. The van der Waals surface area contributed by atoms with Crippen molar-refractivity contribution < 1.29 is 19.2 Å². The highest BCUT2D eigenvalue weighted by molar-refractivity contribution is 5.79. The number of nitrogens with one attached hydrogen (secondary N) is 1. The second-order valence-electron chi connectivity index (χ2n) is 7.15. The number of nitrogens with zero attached hydrogens (tertiary/aromatic N) is 3. The van der Waals surface area contributed by atoms with Crippen LogP contribution in [0, 0.1) is 16.0 Å². The predicted octanol–water partition coefficient (Wildman–Crippen LogP) is 2.58. The summed E-state index contributed by atoms with van der Waals surface area (Å²) in [6.45, 7) is 1.85. The molecule has 30 heavy (non-hydrogen) atoms. The average molecular weight is 414 g/mol. The van der Waals surface area contributed by atoms with E-state index in [9.17, 15) is 14.9 Å². The number of amides is 1. The highest BCUT2D eigenvalue weighted by Crippen LogP contribution is 2.27. The van der Waals surface area contributed by atoms with Crippen molar-refractivity contribution in [1.82, 2.24) is 10.3 Å². The van der Waals surface area contributed by atoms with Crippen LogP contribution >= 0.6 is 0 Å². The zero-order chi connectivity index (χ0) is 21.5. The Bertz CT molecular complexity index is 887. The minimum absolute atomic E-state index is 0.0158. The first-order chi connectivity index (χ1) is 14.5. The molecular formula is C21H26N4O5. The molecule has 0 spiro atoms. The topological polar surface area (TPSA) is 107 Å². The van der Waals surface area contributed by atoms with Gasteiger partial charge < -0.3 is 19.7 Å². The number of benzene rings is 1. The summed E-state index contributed by atoms with van der Waals surface area (Å²) in [5.74, 6) is 1.87. The third-order valence-corrected chi connectivity index (χ3v) is 5.22. The van der Waals surface area contributed by atoms with Gasteiger partial charge in [0.15, 0.2) is 11.5 Å². The Kier molecular flexibility index (Phi) is 7.05. The van der Waals surface area contributed by atoms with Crippen molar-refractivity contribution in [3.8, 4) is 11.5 Å². The summed E-state index contributed by atoms with van der Waals surface area (Å²) in [6, 6.07) is 8.79. The lowest BCUT2D eigenvalue weighted by atomic mass is 9.97. The van der Waals surface area contributed by atoms with Gasteiger partial charge in [-0.05, 0) is 43.0 Å². The van der Waals surface area contributed by atoms with Gasteiger partial charge in [-0.3, -0.25) is 14.9 Å². The Morgan fingerprint density at radius 2 is 2.07 bits per heavy atom. The van der Waals surface area contributed by atoms with Crippen LogP contribution in [0.15, 0.2) is 36.5 Å². The molecule has 2 heterocycles. The van der Waals surface area contributed by atoms with Crippen LogP contribution in [0.25, 0.3) is 0 Å². The van der Waals surface area contributed by atoms with E-state index >= 15 is 0 Å². The largest absolute Gasteiger partial charge is 0.493 e. The van der Waals surface area contributed by atoms with Crippen LogP contribution in [0.3, 0.4) is 0 Å². The maximum Gasteiger partial charge on any atom is 0.287 e. The normalized spacial score (nSPS) is 16.1. The number of anilines is 1. The number of methoxy groups -OCH3 is 2. The molecule has 9 nitrogen and oxygen atoms in total. The number of aromatic nitrogens is 1. The lowest BCUT2D eigenvalue weighted by molar-refractivity contribution is -0.385. The summed E-state index contributed by atoms with van der Waals surface area (Å²) in [4.78, 5) is 29.1. The fourth-order valence-corrected chi connectivity index (χ4v) is 3.58. The van der Waals surface area contributed by atoms with Crippen LogP contribution in [0.5, 0.6) is 11.5 Å². The van der Waals surface area contributed by atoms with E-state index in [1.54, 1.807) is 20.3 Å². The zero-order valence-corrected chi connectivity index (χ0v) is 17.2. The van der Waals surface area contributed by atoms with Crippen LogP contribution in [0.1, 0.15) is 18.4 Å². The summed E-state index contributed by atoms with van der Waals surface area (Å²) >= 11 is 0. The van der Waals surface area contributed by atoms with Gasteiger partial charge >= 0.3 is 0 Å². The third kappa shape index (κ3) is 5.16. The molecule has 0 aliphatic carbocycles. The Labute approximate surface area is 175 Å².